The van der Waals surface area contributed by atoms with E-state index in [4.69, 9.17) is 4.74 Å². The smallest absolute Gasteiger partial charge is 0.114 e. The molecule has 2 heteroatoms. The summed E-state index contributed by atoms with van der Waals surface area (Å²) in [6, 6.07) is 14.3. The van der Waals surface area contributed by atoms with Crippen LogP contribution in [0.3, 0.4) is 0 Å². The van der Waals surface area contributed by atoms with Gasteiger partial charge in [0.1, 0.15) is 12.2 Å². The van der Waals surface area contributed by atoms with Crippen LogP contribution in [0.15, 0.2) is 54.9 Å². The van der Waals surface area contributed by atoms with Crippen molar-refractivity contribution in [2.45, 2.75) is 12.2 Å². The van der Waals surface area contributed by atoms with E-state index in [-0.39, 0.29) is 12.2 Å². The van der Waals surface area contributed by atoms with Gasteiger partial charge in [-0.25, -0.2) is 0 Å². The van der Waals surface area contributed by atoms with E-state index in [9.17, 15) is 0 Å². The second-order valence-corrected chi connectivity index (χ2v) is 3.67. The largest absolute Gasteiger partial charge is 0.359 e. The summed E-state index contributed by atoms with van der Waals surface area (Å²) in [4.78, 5) is 4.00. The Hall–Kier alpha value is -1.67. The number of benzene rings is 1. The van der Waals surface area contributed by atoms with Crippen molar-refractivity contribution in [1.29, 1.82) is 0 Å². The van der Waals surface area contributed by atoms with Crippen molar-refractivity contribution < 1.29 is 4.74 Å². The Balaban J connectivity index is 1.81. The first-order valence-corrected chi connectivity index (χ1v) is 5.05. The Bertz CT molecular complexity index is 397. The van der Waals surface area contributed by atoms with E-state index >= 15 is 0 Å². The topological polar surface area (TPSA) is 25.4 Å². The number of aromatic nitrogens is 1. The third-order valence-electron chi connectivity index (χ3n) is 2.65. The van der Waals surface area contributed by atoms with E-state index in [1.165, 1.54) is 11.1 Å². The molecule has 0 radical (unpaired) electrons. The summed E-state index contributed by atoms with van der Waals surface area (Å²) in [5.41, 5.74) is 2.46. The van der Waals surface area contributed by atoms with E-state index in [0.717, 1.165) is 0 Å². The molecule has 0 spiro atoms. The molecule has 2 atom stereocenters. The summed E-state index contributed by atoms with van der Waals surface area (Å²) in [7, 11) is 0. The molecule has 2 aromatic rings. The molecule has 2 heterocycles. The normalized spacial score (nSPS) is 23.7. The van der Waals surface area contributed by atoms with Gasteiger partial charge in [0.15, 0.2) is 0 Å². The SMILES string of the molecule is c1ccc([C@H]2O[C@@H]2c2ccncc2)cc1. The Morgan fingerprint density at radius 3 is 2.07 bits per heavy atom. The number of epoxide rings is 1. The van der Waals surface area contributed by atoms with Crippen LogP contribution in [0, 0.1) is 0 Å². The standard InChI is InChI=1S/C13H11NO/c1-2-4-10(5-3-1)12-13(15-12)11-6-8-14-9-7-11/h1-9,12-13H/t12-,13-/m1/s1. The van der Waals surface area contributed by atoms with Crippen molar-refractivity contribution in [2.24, 2.45) is 0 Å². The maximum atomic E-state index is 5.66. The number of rotatable bonds is 2. The van der Waals surface area contributed by atoms with Gasteiger partial charge in [0, 0.05) is 12.4 Å². The first-order chi connectivity index (χ1) is 7.45. The lowest BCUT2D eigenvalue weighted by atomic mass is 10.1. The minimum atomic E-state index is 0.218. The number of nitrogens with zero attached hydrogens (tertiary/aromatic N) is 1. The lowest BCUT2D eigenvalue weighted by Crippen LogP contribution is -1.84. The molecule has 1 aliphatic rings. The van der Waals surface area contributed by atoms with E-state index in [2.05, 4.69) is 17.1 Å². The van der Waals surface area contributed by atoms with Crippen molar-refractivity contribution in [3.63, 3.8) is 0 Å². The highest BCUT2D eigenvalue weighted by atomic mass is 16.6. The number of pyridine rings is 1. The van der Waals surface area contributed by atoms with E-state index in [0.29, 0.717) is 0 Å². The Kier molecular flexibility index (Phi) is 2.00. The lowest BCUT2D eigenvalue weighted by molar-refractivity contribution is 0.377. The van der Waals surface area contributed by atoms with Gasteiger partial charge >= 0.3 is 0 Å². The number of hydrogen-bond acceptors (Lipinski definition) is 2. The molecule has 0 N–H and O–H groups in total. The minimum absolute atomic E-state index is 0.218. The number of ether oxygens (including phenoxy) is 1. The monoisotopic (exact) mass is 197 g/mol. The third kappa shape index (κ3) is 1.64. The predicted octanol–water partition coefficient (Wildman–Crippen LogP) is 2.89. The fourth-order valence-corrected chi connectivity index (χ4v) is 1.82. The van der Waals surface area contributed by atoms with Crippen LogP contribution in [0.4, 0.5) is 0 Å². The lowest BCUT2D eigenvalue weighted by Gasteiger charge is -1.95. The van der Waals surface area contributed by atoms with Crippen LogP contribution in [-0.2, 0) is 4.74 Å². The van der Waals surface area contributed by atoms with Gasteiger partial charge in [0.2, 0.25) is 0 Å². The van der Waals surface area contributed by atoms with Crippen molar-refractivity contribution in [3.8, 4) is 0 Å². The van der Waals surface area contributed by atoms with Gasteiger partial charge in [-0.05, 0) is 23.3 Å². The highest BCUT2D eigenvalue weighted by Crippen LogP contribution is 2.50. The molecule has 3 rings (SSSR count). The van der Waals surface area contributed by atoms with Gasteiger partial charge in [-0.2, -0.15) is 0 Å². The van der Waals surface area contributed by atoms with Crippen LogP contribution in [0.25, 0.3) is 0 Å². The minimum Gasteiger partial charge on any atom is -0.359 e. The van der Waals surface area contributed by atoms with Gasteiger partial charge in [-0.1, -0.05) is 30.3 Å². The zero-order valence-electron chi connectivity index (χ0n) is 8.21. The summed E-state index contributed by atoms with van der Waals surface area (Å²) in [5.74, 6) is 0. The summed E-state index contributed by atoms with van der Waals surface area (Å²) < 4.78 is 5.66. The third-order valence-corrected chi connectivity index (χ3v) is 2.65. The van der Waals surface area contributed by atoms with Gasteiger partial charge in [0.25, 0.3) is 0 Å². The molecule has 0 bridgehead atoms. The molecule has 1 fully saturated rings. The van der Waals surface area contributed by atoms with Crippen LogP contribution in [0.2, 0.25) is 0 Å². The highest BCUT2D eigenvalue weighted by molar-refractivity contribution is 5.28. The predicted molar refractivity (Wildman–Crippen MR) is 57.2 cm³/mol. The maximum absolute atomic E-state index is 5.66. The van der Waals surface area contributed by atoms with Crippen LogP contribution < -0.4 is 0 Å². The molecule has 2 nitrogen and oxygen atoms in total. The van der Waals surface area contributed by atoms with Gasteiger partial charge in [-0.3, -0.25) is 4.98 Å². The molecular formula is C13H11NO. The summed E-state index contributed by atoms with van der Waals surface area (Å²) in [5, 5.41) is 0. The molecule has 1 saturated heterocycles. The summed E-state index contributed by atoms with van der Waals surface area (Å²) in [6.07, 6.45) is 4.06. The summed E-state index contributed by atoms with van der Waals surface area (Å²) in [6.45, 7) is 0. The van der Waals surface area contributed by atoms with Crippen molar-refractivity contribution >= 4 is 0 Å². The maximum Gasteiger partial charge on any atom is 0.114 e. The van der Waals surface area contributed by atoms with Gasteiger partial charge in [-0.15, -0.1) is 0 Å². The Morgan fingerprint density at radius 2 is 1.40 bits per heavy atom. The van der Waals surface area contributed by atoms with Crippen molar-refractivity contribution in [3.05, 3.63) is 66.0 Å². The molecule has 1 aromatic carbocycles. The molecule has 0 amide bonds. The Morgan fingerprint density at radius 1 is 0.800 bits per heavy atom. The molecule has 0 aliphatic carbocycles. The van der Waals surface area contributed by atoms with Crippen molar-refractivity contribution in [2.75, 3.05) is 0 Å². The first-order valence-electron chi connectivity index (χ1n) is 5.05. The average molecular weight is 197 g/mol. The molecular weight excluding hydrogens is 186 g/mol. The van der Waals surface area contributed by atoms with Crippen LogP contribution in [0.5, 0.6) is 0 Å². The molecule has 0 saturated carbocycles. The highest BCUT2D eigenvalue weighted by Gasteiger charge is 2.41. The van der Waals surface area contributed by atoms with E-state index in [1.54, 1.807) is 12.4 Å². The van der Waals surface area contributed by atoms with Crippen LogP contribution in [-0.4, -0.2) is 4.98 Å². The average Bonchev–Trinajstić information content (AvgIpc) is 3.11. The molecule has 1 aliphatic heterocycles. The number of hydrogen-bond donors (Lipinski definition) is 0. The zero-order valence-corrected chi connectivity index (χ0v) is 8.21. The first kappa shape index (κ1) is 8.62. The van der Waals surface area contributed by atoms with Gasteiger partial charge < -0.3 is 4.74 Å². The zero-order chi connectivity index (χ0) is 10.1. The molecule has 0 unspecified atom stereocenters. The second kappa shape index (κ2) is 3.48. The fraction of sp³-hybridized carbons (Fsp3) is 0.154. The second-order valence-electron chi connectivity index (χ2n) is 3.67. The molecule has 74 valence electrons. The fourth-order valence-electron chi connectivity index (χ4n) is 1.82. The van der Waals surface area contributed by atoms with Crippen LogP contribution in [0.1, 0.15) is 23.3 Å². The van der Waals surface area contributed by atoms with E-state index < -0.39 is 0 Å². The van der Waals surface area contributed by atoms with Gasteiger partial charge in [0.05, 0.1) is 0 Å². The van der Waals surface area contributed by atoms with E-state index in [1.807, 2.05) is 30.3 Å². The quantitative estimate of drug-likeness (QED) is 0.692. The van der Waals surface area contributed by atoms with Crippen molar-refractivity contribution in [1.82, 2.24) is 4.98 Å². The molecule has 1 aromatic heterocycles. The summed E-state index contributed by atoms with van der Waals surface area (Å²) >= 11 is 0. The molecule has 15 heavy (non-hydrogen) atoms. The Labute approximate surface area is 88.5 Å². The van der Waals surface area contributed by atoms with Crippen LogP contribution >= 0.6 is 0 Å².